The third kappa shape index (κ3) is 4.46. The van der Waals surface area contributed by atoms with Crippen molar-refractivity contribution in [3.63, 3.8) is 0 Å². The average Bonchev–Trinajstić information content (AvgIpc) is 3.68. The summed E-state index contributed by atoms with van der Waals surface area (Å²) in [6.07, 6.45) is 4.58. The van der Waals surface area contributed by atoms with E-state index in [-0.39, 0.29) is 5.41 Å². The molecule has 0 saturated heterocycles. The van der Waals surface area contributed by atoms with Crippen molar-refractivity contribution in [2.24, 2.45) is 0 Å². The fraction of sp³-hybridized carbons (Fsp3) is 0.0980. The zero-order chi connectivity index (χ0) is 35.1. The van der Waals surface area contributed by atoms with E-state index < -0.39 is 0 Å². The van der Waals surface area contributed by atoms with Gasteiger partial charge in [0.15, 0.2) is 0 Å². The van der Waals surface area contributed by atoms with Crippen LogP contribution >= 0.6 is 11.3 Å². The summed E-state index contributed by atoms with van der Waals surface area (Å²) >= 11 is 1.92. The predicted molar refractivity (Wildman–Crippen MR) is 228 cm³/mol. The summed E-state index contributed by atoms with van der Waals surface area (Å²) in [4.78, 5) is 0. The number of thiophene rings is 1. The van der Waals surface area contributed by atoms with Crippen LogP contribution in [0.3, 0.4) is 0 Å². The molecule has 9 aromatic rings. The van der Waals surface area contributed by atoms with E-state index in [0.29, 0.717) is 0 Å². The van der Waals surface area contributed by atoms with Crippen molar-refractivity contribution in [3.8, 4) is 44.5 Å². The second kappa shape index (κ2) is 11.6. The number of benzene rings is 8. The Bertz CT molecular complexity index is 3050. The molecule has 10 rings (SSSR count). The predicted octanol–water partition coefficient (Wildman–Crippen LogP) is 13.3. The lowest BCUT2D eigenvalue weighted by molar-refractivity contribution is 0.661. The highest BCUT2D eigenvalue weighted by Crippen LogP contribution is 2.52. The van der Waals surface area contributed by atoms with Gasteiger partial charge in [-0.1, -0.05) is 141 Å². The Hall–Kier alpha value is -5.76. The minimum absolute atomic E-state index is 0.0767. The van der Waals surface area contributed by atoms with Gasteiger partial charge in [-0.15, -0.1) is 11.3 Å². The van der Waals surface area contributed by atoms with Crippen LogP contribution in [0.4, 0.5) is 0 Å². The van der Waals surface area contributed by atoms with Crippen molar-refractivity contribution < 1.29 is 0 Å². The third-order valence-electron chi connectivity index (χ3n) is 11.6. The summed E-state index contributed by atoms with van der Waals surface area (Å²) in [5.74, 6) is 0. The van der Waals surface area contributed by atoms with Crippen LogP contribution in [0, 0.1) is 0 Å². The lowest BCUT2D eigenvalue weighted by Crippen LogP contribution is -2.29. The SMILES string of the molecule is C/C=c1/c(-c2ccccc2)c2ccccc2c(-c2cccc(-c3ccc4c(c3)-c3cc5c(ccc6c7ccccc7sc56)cc3C4(C)C)c2)/c1=C/C. The summed E-state index contributed by atoms with van der Waals surface area (Å²) in [6, 6.07) is 54.5. The quantitative estimate of drug-likeness (QED) is 0.174. The van der Waals surface area contributed by atoms with Crippen LogP contribution in [-0.2, 0) is 5.41 Å². The van der Waals surface area contributed by atoms with Crippen LogP contribution in [0.5, 0.6) is 0 Å². The molecular formula is C51H38S. The number of fused-ring (bicyclic) bond motifs is 9. The highest BCUT2D eigenvalue weighted by Gasteiger charge is 2.36. The molecule has 0 spiro atoms. The first-order chi connectivity index (χ1) is 25.5. The van der Waals surface area contributed by atoms with E-state index in [1.54, 1.807) is 0 Å². The highest BCUT2D eigenvalue weighted by atomic mass is 32.1. The van der Waals surface area contributed by atoms with Crippen molar-refractivity contribution in [2.45, 2.75) is 33.1 Å². The molecule has 1 aliphatic carbocycles. The largest absolute Gasteiger partial charge is 0.135 e. The van der Waals surface area contributed by atoms with E-state index in [4.69, 9.17) is 0 Å². The van der Waals surface area contributed by atoms with Gasteiger partial charge >= 0.3 is 0 Å². The smallest absolute Gasteiger partial charge is 0.0434 e. The molecule has 0 fully saturated rings. The molecule has 0 N–H and O–H groups in total. The summed E-state index contributed by atoms with van der Waals surface area (Å²) in [6.45, 7) is 9.12. The Balaban J connectivity index is 1.16. The first-order valence-corrected chi connectivity index (χ1v) is 19.1. The van der Waals surface area contributed by atoms with Crippen molar-refractivity contribution >= 4 is 65.2 Å². The molecule has 0 amide bonds. The Kier molecular flexibility index (Phi) is 6.94. The molecule has 52 heavy (non-hydrogen) atoms. The first-order valence-electron chi connectivity index (χ1n) is 18.3. The van der Waals surface area contributed by atoms with E-state index >= 15 is 0 Å². The van der Waals surface area contributed by atoms with Gasteiger partial charge in [-0.05, 0) is 126 Å². The summed E-state index contributed by atoms with van der Waals surface area (Å²) < 4.78 is 2.73. The van der Waals surface area contributed by atoms with Crippen LogP contribution < -0.4 is 10.4 Å². The molecule has 1 aliphatic rings. The fourth-order valence-electron chi connectivity index (χ4n) is 9.09. The van der Waals surface area contributed by atoms with Crippen LogP contribution in [-0.4, -0.2) is 0 Å². The molecule has 0 atom stereocenters. The molecule has 0 unspecified atom stereocenters. The molecule has 0 radical (unpaired) electrons. The van der Waals surface area contributed by atoms with Gasteiger partial charge in [0.2, 0.25) is 0 Å². The molecular weight excluding hydrogens is 645 g/mol. The maximum Gasteiger partial charge on any atom is 0.0434 e. The molecule has 0 saturated carbocycles. The number of hydrogen-bond acceptors (Lipinski definition) is 1. The van der Waals surface area contributed by atoms with Gasteiger partial charge in [0.25, 0.3) is 0 Å². The normalized spacial score (nSPS) is 14.2. The Morgan fingerprint density at radius 2 is 1.06 bits per heavy atom. The van der Waals surface area contributed by atoms with E-state index in [0.717, 1.165) is 0 Å². The van der Waals surface area contributed by atoms with Crippen molar-refractivity contribution in [2.75, 3.05) is 0 Å². The molecule has 0 nitrogen and oxygen atoms in total. The maximum atomic E-state index is 2.49. The van der Waals surface area contributed by atoms with Gasteiger partial charge < -0.3 is 0 Å². The minimum atomic E-state index is -0.0767. The van der Waals surface area contributed by atoms with Crippen molar-refractivity contribution in [1.82, 2.24) is 0 Å². The Morgan fingerprint density at radius 1 is 0.442 bits per heavy atom. The zero-order valence-electron chi connectivity index (χ0n) is 29.9. The topological polar surface area (TPSA) is 0 Å². The summed E-state index contributed by atoms with van der Waals surface area (Å²) in [5, 5.41) is 10.5. The lowest BCUT2D eigenvalue weighted by Gasteiger charge is -2.22. The van der Waals surface area contributed by atoms with Gasteiger partial charge in [-0.3, -0.25) is 0 Å². The average molecular weight is 683 g/mol. The molecule has 0 bridgehead atoms. The molecule has 1 heterocycles. The minimum Gasteiger partial charge on any atom is -0.135 e. The highest BCUT2D eigenvalue weighted by molar-refractivity contribution is 7.26. The Morgan fingerprint density at radius 3 is 1.81 bits per heavy atom. The fourth-order valence-corrected chi connectivity index (χ4v) is 10.3. The summed E-state index contributed by atoms with van der Waals surface area (Å²) in [5.41, 5.74) is 13.0. The van der Waals surface area contributed by atoms with E-state index in [1.807, 2.05) is 11.3 Å². The van der Waals surface area contributed by atoms with Crippen molar-refractivity contribution in [1.29, 1.82) is 0 Å². The second-order valence-electron chi connectivity index (χ2n) is 14.7. The van der Waals surface area contributed by atoms with Gasteiger partial charge in [0.05, 0.1) is 0 Å². The standard InChI is InChI=1S/C51H38S/c1-5-36-37(6-2)49(40-21-11-10-20-39(40)48(36)31-15-8-7-9-16-31)35-18-14-17-32(27-35)33-24-26-45-43(28-33)44-30-42-34(29-46(44)51(45,3)4)23-25-41-38-19-12-13-22-47(38)52-50(41)42/h5-30H,1-4H3/b36-5+,37-6+. The molecule has 1 aromatic heterocycles. The second-order valence-corrected chi connectivity index (χ2v) is 15.7. The first kappa shape index (κ1) is 31.0. The molecule has 1 heteroatoms. The molecule has 0 aliphatic heterocycles. The van der Waals surface area contributed by atoms with E-state index in [9.17, 15) is 0 Å². The van der Waals surface area contributed by atoms with E-state index in [1.165, 1.54) is 108 Å². The van der Waals surface area contributed by atoms with Crippen LogP contribution in [0.25, 0.3) is 98.4 Å². The summed E-state index contributed by atoms with van der Waals surface area (Å²) in [7, 11) is 0. The zero-order valence-corrected chi connectivity index (χ0v) is 30.7. The number of rotatable bonds is 3. The molecule has 248 valence electrons. The maximum absolute atomic E-state index is 2.49. The molecule has 8 aromatic carbocycles. The van der Waals surface area contributed by atoms with Crippen LogP contribution in [0.2, 0.25) is 0 Å². The van der Waals surface area contributed by atoms with E-state index in [2.05, 4.69) is 185 Å². The van der Waals surface area contributed by atoms with Gasteiger partial charge in [0, 0.05) is 31.0 Å². The lowest BCUT2D eigenvalue weighted by atomic mass is 9.81. The van der Waals surface area contributed by atoms with Crippen molar-refractivity contribution in [3.05, 3.63) is 167 Å². The Labute approximate surface area is 308 Å². The van der Waals surface area contributed by atoms with Gasteiger partial charge in [0.1, 0.15) is 0 Å². The van der Waals surface area contributed by atoms with Crippen LogP contribution in [0.1, 0.15) is 38.8 Å². The van der Waals surface area contributed by atoms with Gasteiger partial charge in [-0.25, -0.2) is 0 Å². The monoisotopic (exact) mass is 682 g/mol. The van der Waals surface area contributed by atoms with Gasteiger partial charge in [-0.2, -0.15) is 0 Å². The number of hydrogen-bond donors (Lipinski definition) is 0. The van der Waals surface area contributed by atoms with Crippen LogP contribution in [0.15, 0.2) is 146 Å². The third-order valence-corrected chi connectivity index (χ3v) is 12.8.